The first-order valence-electron chi connectivity index (χ1n) is 6.36. The Labute approximate surface area is 106 Å². The molecule has 1 aromatic heterocycles. The number of rotatable bonds is 1. The van der Waals surface area contributed by atoms with Gasteiger partial charge in [-0.15, -0.1) is 10.2 Å². The summed E-state index contributed by atoms with van der Waals surface area (Å²) in [6.07, 6.45) is 0. The van der Waals surface area contributed by atoms with Crippen molar-refractivity contribution >= 4 is 5.91 Å². The Morgan fingerprint density at radius 2 is 2.11 bits per heavy atom. The van der Waals surface area contributed by atoms with Crippen LogP contribution >= 0.6 is 0 Å². The van der Waals surface area contributed by atoms with Crippen molar-refractivity contribution in [3.63, 3.8) is 0 Å². The van der Waals surface area contributed by atoms with E-state index in [0.717, 1.165) is 45.1 Å². The maximum absolute atomic E-state index is 12.6. The average Bonchev–Trinajstić information content (AvgIpc) is 2.82. The molecule has 3 heterocycles. The lowest BCUT2D eigenvalue weighted by Crippen LogP contribution is -2.59. The molecule has 0 aromatic carbocycles. The minimum Gasteiger partial charge on any atom is -0.306 e. The molecular formula is C11H18N6O+. The van der Waals surface area contributed by atoms with Gasteiger partial charge in [-0.3, -0.25) is 4.48 Å². The van der Waals surface area contributed by atoms with Gasteiger partial charge in [0, 0.05) is 26.2 Å². The zero-order valence-corrected chi connectivity index (χ0v) is 10.6. The second-order valence-corrected chi connectivity index (χ2v) is 5.10. The maximum Gasteiger partial charge on any atom is 0.383 e. The van der Waals surface area contributed by atoms with Gasteiger partial charge in [-0.05, 0) is 0 Å². The SMILES string of the molecule is C[N+]1(C(=O)c2nnc3n2CC[N]C3)CCNCC1. The van der Waals surface area contributed by atoms with E-state index in [-0.39, 0.29) is 5.91 Å². The topological polar surface area (TPSA) is 73.9 Å². The van der Waals surface area contributed by atoms with Crippen LogP contribution < -0.4 is 10.6 Å². The molecule has 0 unspecified atom stereocenters. The molecule has 0 aliphatic carbocycles. The van der Waals surface area contributed by atoms with Crippen LogP contribution in [0.15, 0.2) is 0 Å². The van der Waals surface area contributed by atoms with E-state index in [9.17, 15) is 4.79 Å². The third-order valence-corrected chi connectivity index (χ3v) is 3.81. The minimum atomic E-state index is 0.0807. The van der Waals surface area contributed by atoms with Crippen molar-refractivity contribution in [1.82, 2.24) is 25.4 Å². The van der Waals surface area contributed by atoms with Crippen molar-refractivity contribution < 1.29 is 9.28 Å². The van der Waals surface area contributed by atoms with Crippen molar-refractivity contribution in [2.24, 2.45) is 0 Å². The molecule has 0 spiro atoms. The number of nitrogens with zero attached hydrogens (tertiary/aromatic N) is 5. The van der Waals surface area contributed by atoms with E-state index in [1.807, 2.05) is 11.6 Å². The highest BCUT2D eigenvalue weighted by atomic mass is 16.2. The second-order valence-electron chi connectivity index (χ2n) is 5.10. The van der Waals surface area contributed by atoms with Gasteiger partial charge in [0.1, 0.15) is 5.82 Å². The standard InChI is InChI=1S/C11H18N6O/c1-17(6-3-12-4-7-17)11(18)10-15-14-9-8-13-2-5-16(9)10/h12H,2-8H2,1H3/q+1. The van der Waals surface area contributed by atoms with E-state index >= 15 is 0 Å². The normalized spacial score (nSPS) is 22.5. The molecule has 7 nitrogen and oxygen atoms in total. The molecule has 1 saturated heterocycles. The summed E-state index contributed by atoms with van der Waals surface area (Å²) in [5.74, 6) is 1.40. The molecule has 18 heavy (non-hydrogen) atoms. The van der Waals surface area contributed by atoms with Crippen LogP contribution in [0, 0.1) is 0 Å². The minimum absolute atomic E-state index is 0.0807. The van der Waals surface area contributed by atoms with Crippen molar-refractivity contribution in [1.29, 1.82) is 0 Å². The Hall–Kier alpha value is -1.31. The second kappa shape index (κ2) is 4.42. The summed E-state index contributed by atoms with van der Waals surface area (Å²) in [4.78, 5) is 12.6. The molecule has 1 fully saturated rings. The van der Waals surface area contributed by atoms with Crippen LogP contribution in [0.4, 0.5) is 0 Å². The number of likely N-dealkylation sites (N-methyl/N-ethyl adjacent to an activating group) is 1. The third-order valence-electron chi connectivity index (χ3n) is 3.81. The van der Waals surface area contributed by atoms with E-state index < -0.39 is 0 Å². The highest BCUT2D eigenvalue weighted by molar-refractivity contribution is 5.85. The molecule has 0 saturated carbocycles. The fraction of sp³-hybridized carbons (Fsp3) is 0.727. The Bertz CT molecular complexity index is 462. The first-order chi connectivity index (χ1) is 8.71. The Morgan fingerprint density at radius 1 is 1.33 bits per heavy atom. The Morgan fingerprint density at radius 3 is 2.89 bits per heavy atom. The lowest BCUT2D eigenvalue weighted by molar-refractivity contribution is -0.831. The number of carbonyl (C=O) groups is 1. The van der Waals surface area contributed by atoms with Crippen LogP contribution in [0.2, 0.25) is 0 Å². The number of carbonyl (C=O) groups excluding carboxylic acids is 1. The average molecular weight is 250 g/mol. The van der Waals surface area contributed by atoms with Crippen LogP contribution in [-0.4, -0.2) is 64.9 Å². The van der Waals surface area contributed by atoms with Gasteiger partial charge in [0.05, 0.1) is 26.7 Å². The predicted octanol–water partition coefficient (Wildman–Crippen LogP) is -1.41. The number of fused-ring (bicyclic) bond motifs is 1. The van der Waals surface area contributed by atoms with E-state index in [2.05, 4.69) is 20.8 Å². The number of nitrogens with one attached hydrogen (secondary N) is 1. The molecule has 0 atom stereocenters. The molecule has 1 aromatic rings. The molecule has 7 heteroatoms. The van der Waals surface area contributed by atoms with E-state index in [1.165, 1.54) is 0 Å². The molecule has 1 N–H and O–H groups in total. The number of quaternary nitrogens is 1. The Kier molecular flexibility index (Phi) is 2.89. The molecule has 1 radical (unpaired) electrons. The quantitative estimate of drug-likeness (QED) is 0.621. The monoisotopic (exact) mass is 250 g/mol. The Balaban J connectivity index is 1.90. The first kappa shape index (κ1) is 11.8. The fourth-order valence-corrected chi connectivity index (χ4v) is 2.53. The number of piperazine rings is 1. The van der Waals surface area contributed by atoms with Crippen LogP contribution in [0.1, 0.15) is 16.4 Å². The first-order valence-corrected chi connectivity index (χ1v) is 6.36. The van der Waals surface area contributed by atoms with Crippen LogP contribution in [0.5, 0.6) is 0 Å². The largest absolute Gasteiger partial charge is 0.383 e. The summed E-state index contributed by atoms with van der Waals surface area (Å²) < 4.78 is 2.35. The maximum atomic E-state index is 12.6. The van der Waals surface area contributed by atoms with E-state index in [4.69, 9.17) is 0 Å². The summed E-state index contributed by atoms with van der Waals surface area (Å²) in [6, 6.07) is 0. The summed E-state index contributed by atoms with van der Waals surface area (Å²) in [6.45, 7) is 5.41. The summed E-state index contributed by atoms with van der Waals surface area (Å²) in [5, 5.41) is 15.7. The number of hydrogen-bond acceptors (Lipinski definition) is 4. The molecular weight excluding hydrogens is 232 g/mol. The van der Waals surface area contributed by atoms with Crippen LogP contribution in [0.3, 0.4) is 0 Å². The molecule has 2 aliphatic rings. The van der Waals surface area contributed by atoms with Crippen LogP contribution in [0.25, 0.3) is 0 Å². The van der Waals surface area contributed by atoms with Gasteiger partial charge in [-0.25, -0.2) is 10.1 Å². The number of hydrogen-bond donors (Lipinski definition) is 1. The summed E-state index contributed by atoms with van der Waals surface area (Å²) >= 11 is 0. The van der Waals surface area contributed by atoms with E-state index in [0.29, 0.717) is 16.9 Å². The van der Waals surface area contributed by atoms with Gasteiger partial charge in [0.2, 0.25) is 0 Å². The fourth-order valence-electron chi connectivity index (χ4n) is 2.53. The smallest absolute Gasteiger partial charge is 0.306 e. The van der Waals surface area contributed by atoms with Gasteiger partial charge in [-0.1, -0.05) is 0 Å². The highest BCUT2D eigenvalue weighted by Gasteiger charge is 2.38. The molecule has 2 aliphatic heterocycles. The van der Waals surface area contributed by atoms with Crippen molar-refractivity contribution in [3.05, 3.63) is 11.6 Å². The lowest BCUT2D eigenvalue weighted by Gasteiger charge is -2.34. The van der Waals surface area contributed by atoms with Gasteiger partial charge >= 0.3 is 5.91 Å². The zero-order valence-electron chi connectivity index (χ0n) is 10.6. The van der Waals surface area contributed by atoms with Crippen LogP contribution in [-0.2, 0) is 13.1 Å². The third kappa shape index (κ3) is 1.84. The van der Waals surface area contributed by atoms with Gasteiger partial charge < -0.3 is 9.88 Å². The lowest BCUT2D eigenvalue weighted by atomic mass is 10.2. The molecule has 0 bridgehead atoms. The van der Waals surface area contributed by atoms with Gasteiger partial charge in [0.25, 0.3) is 5.82 Å². The van der Waals surface area contributed by atoms with Gasteiger partial charge in [0.15, 0.2) is 0 Å². The number of aromatic nitrogens is 3. The zero-order chi connectivity index (χ0) is 12.6. The molecule has 97 valence electrons. The summed E-state index contributed by atoms with van der Waals surface area (Å²) in [7, 11) is 1.98. The molecule has 1 amide bonds. The van der Waals surface area contributed by atoms with Gasteiger partial charge in [-0.2, -0.15) is 0 Å². The molecule has 3 rings (SSSR count). The van der Waals surface area contributed by atoms with Crippen molar-refractivity contribution in [2.45, 2.75) is 13.1 Å². The summed E-state index contributed by atoms with van der Waals surface area (Å²) in [5.41, 5.74) is 0. The highest BCUT2D eigenvalue weighted by Crippen LogP contribution is 2.14. The van der Waals surface area contributed by atoms with Crippen molar-refractivity contribution in [2.75, 3.05) is 39.8 Å². The van der Waals surface area contributed by atoms with Crippen molar-refractivity contribution in [3.8, 4) is 0 Å². The van der Waals surface area contributed by atoms with E-state index in [1.54, 1.807) is 0 Å². The number of amides is 1. The predicted molar refractivity (Wildman–Crippen MR) is 63.8 cm³/mol.